The lowest BCUT2D eigenvalue weighted by atomic mass is 9.93. The average Bonchev–Trinajstić information content (AvgIpc) is 3.64. The standard InChI is InChI=1S/C69H45N11/c1-8-26-46(27-9-1)54-44-53(67-72-61(47-28-10-2-11-29-47)70-62(73-67)48-30-12-3-13-31-48)45-55(68-75-63(49-32-14-4-15-33-49)71-64(76-68)50-34-16-5-17-35-50)60(54)79-56-40-22-24-42-58(56)80(59-43-25-23-41-57(59)79)69-77-65(51-36-18-6-19-37-51)74-66(78-69)52-38-20-7-21-39-52/h1-45H. The number of anilines is 6. The molecule has 11 nitrogen and oxygen atoms in total. The van der Waals surface area contributed by atoms with Crippen molar-refractivity contribution >= 4 is 34.4 Å². The summed E-state index contributed by atoms with van der Waals surface area (Å²) < 4.78 is 0. The number of aromatic nitrogens is 9. The molecular formula is C69H45N11. The molecule has 0 aliphatic carbocycles. The van der Waals surface area contributed by atoms with Crippen molar-refractivity contribution in [2.45, 2.75) is 0 Å². The van der Waals surface area contributed by atoms with Crippen molar-refractivity contribution in [2.75, 3.05) is 9.80 Å². The zero-order valence-electron chi connectivity index (χ0n) is 42.9. The van der Waals surface area contributed by atoms with Crippen LogP contribution in [0.25, 0.3) is 102 Å². The van der Waals surface area contributed by atoms with Crippen LogP contribution in [0.15, 0.2) is 273 Å². The summed E-state index contributed by atoms with van der Waals surface area (Å²) in [5.74, 6) is 4.63. The third-order valence-corrected chi connectivity index (χ3v) is 13.9. The molecule has 1 aliphatic rings. The Kier molecular flexibility index (Phi) is 12.3. The molecule has 0 fully saturated rings. The highest BCUT2D eigenvalue weighted by Gasteiger charge is 2.36. The first-order valence-electron chi connectivity index (χ1n) is 26.3. The Balaban J connectivity index is 1.07. The molecule has 0 spiro atoms. The molecule has 80 heavy (non-hydrogen) atoms. The number of hydrogen-bond acceptors (Lipinski definition) is 11. The third-order valence-electron chi connectivity index (χ3n) is 13.9. The first kappa shape index (κ1) is 47.3. The van der Waals surface area contributed by atoms with Gasteiger partial charge in [-0.05, 0) is 42.0 Å². The summed E-state index contributed by atoms with van der Waals surface area (Å²) >= 11 is 0. The van der Waals surface area contributed by atoms with Crippen LogP contribution in [-0.2, 0) is 0 Å². The molecule has 4 heterocycles. The fraction of sp³-hybridized carbons (Fsp3) is 0. The van der Waals surface area contributed by atoms with E-state index < -0.39 is 0 Å². The maximum absolute atomic E-state index is 5.47. The van der Waals surface area contributed by atoms with Gasteiger partial charge in [0.25, 0.3) is 0 Å². The quantitative estimate of drug-likeness (QED) is 0.123. The minimum atomic E-state index is 0.447. The molecule has 0 saturated carbocycles. The summed E-state index contributed by atoms with van der Waals surface area (Å²) in [6.45, 7) is 0. The molecule has 376 valence electrons. The Bertz CT molecular complexity index is 4120. The highest BCUT2D eigenvalue weighted by atomic mass is 15.3. The SMILES string of the molecule is c1ccc(-c2nc(-c3ccccc3)nc(-c3cc(-c4ccccc4)c(N4c5ccccc5N(c5nc(-c6ccccc6)nc(-c6ccccc6)n5)c5ccccc54)c(-c4nc(-c5ccccc5)nc(-c5ccccc5)n4)c3)n2)cc1. The van der Waals surface area contributed by atoms with Gasteiger partial charge < -0.3 is 4.90 Å². The van der Waals surface area contributed by atoms with E-state index in [0.717, 1.165) is 78.5 Å². The molecule has 1 aliphatic heterocycles. The van der Waals surface area contributed by atoms with Gasteiger partial charge in [-0.3, -0.25) is 4.90 Å². The fourth-order valence-corrected chi connectivity index (χ4v) is 10.2. The Labute approximate surface area is 462 Å². The molecule has 10 aromatic carbocycles. The van der Waals surface area contributed by atoms with Gasteiger partial charge in [0, 0.05) is 50.1 Å². The van der Waals surface area contributed by atoms with Gasteiger partial charge >= 0.3 is 0 Å². The molecule has 0 amide bonds. The van der Waals surface area contributed by atoms with E-state index in [1.54, 1.807) is 0 Å². The highest BCUT2D eigenvalue weighted by molar-refractivity contribution is 6.07. The maximum atomic E-state index is 5.47. The van der Waals surface area contributed by atoms with Crippen LogP contribution in [-0.4, -0.2) is 44.9 Å². The lowest BCUT2D eigenvalue weighted by Crippen LogP contribution is -2.26. The van der Waals surface area contributed by atoms with Crippen LogP contribution in [0, 0.1) is 0 Å². The van der Waals surface area contributed by atoms with Crippen molar-refractivity contribution in [1.29, 1.82) is 0 Å². The van der Waals surface area contributed by atoms with E-state index in [-0.39, 0.29) is 0 Å². The van der Waals surface area contributed by atoms with Crippen molar-refractivity contribution in [3.05, 3.63) is 273 Å². The first-order chi connectivity index (χ1) is 39.7. The van der Waals surface area contributed by atoms with Gasteiger partial charge in [-0.2, -0.15) is 9.97 Å². The second kappa shape index (κ2) is 20.7. The van der Waals surface area contributed by atoms with Gasteiger partial charge in [-0.25, -0.2) is 34.9 Å². The van der Waals surface area contributed by atoms with Crippen LogP contribution in [0.4, 0.5) is 34.4 Å². The van der Waals surface area contributed by atoms with E-state index in [9.17, 15) is 0 Å². The van der Waals surface area contributed by atoms with Crippen LogP contribution in [0.1, 0.15) is 0 Å². The Morgan fingerprint density at radius 2 is 0.425 bits per heavy atom. The monoisotopic (exact) mass is 1030 g/mol. The summed E-state index contributed by atoms with van der Waals surface area (Å²) in [7, 11) is 0. The van der Waals surface area contributed by atoms with Gasteiger partial charge in [0.2, 0.25) is 5.95 Å². The minimum Gasteiger partial charge on any atom is -0.305 e. The van der Waals surface area contributed by atoms with E-state index in [1.165, 1.54) is 0 Å². The maximum Gasteiger partial charge on any atom is 0.238 e. The first-order valence-corrected chi connectivity index (χ1v) is 26.3. The predicted molar refractivity (Wildman–Crippen MR) is 318 cm³/mol. The minimum absolute atomic E-state index is 0.447. The van der Waals surface area contributed by atoms with Crippen LogP contribution >= 0.6 is 0 Å². The topological polar surface area (TPSA) is 122 Å². The summed E-state index contributed by atoms with van der Waals surface area (Å²) in [5.41, 5.74) is 12.6. The average molecular weight is 1030 g/mol. The zero-order chi connectivity index (χ0) is 53.2. The van der Waals surface area contributed by atoms with Crippen LogP contribution in [0.3, 0.4) is 0 Å². The van der Waals surface area contributed by atoms with Gasteiger partial charge in [-0.15, -0.1) is 0 Å². The normalized spacial score (nSPS) is 11.7. The summed E-state index contributed by atoms with van der Waals surface area (Å²) in [6.07, 6.45) is 0. The molecule has 3 aromatic heterocycles. The highest BCUT2D eigenvalue weighted by Crippen LogP contribution is 2.57. The molecular weight excluding hydrogens is 983 g/mol. The number of para-hydroxylation sites is 4. The summed E-state index contributed by atoms with van der Waals surface area (Å²) in [5, 5.41) is 0. The van der Waals surface area contributed by atoms with Gasteiger partial charge in [0.05, 0.1) is 28.4 Å². The van der Waals surface area contributed by atoms with E-state index in [1.807, 2.05) is 188 Å². The van der Waals surface area contributed by atoms with E-state index in [0.29, 0.717) is 58.1 Å². The largest absolute Gasteiger partial charge is 0.305 e. The second-order valence-electron chi connectivity index (χ2n) is 19.0. The Hall–Kier alpha value is -11.2. The molecule has 11 heteroatoms. The molecule has 0 atom stereocenters. The number of hydrogen-bond donors (Lipinski definition) is 0. The molecule has 13 aromatic rings. The Morgan fingerprint density at radius 1 is 0.188 bits per heavy atom. The van der Waals surface area contributed by atoms with Gasteiger partial charge in [0.1, 0.15) is 0 Å². The van der Waals surface area contributed by atoms with Crippen molar-refractivity contribution in [1.82, 2.24) is 44.9 Å². The zero-order valence-corrected chi connectivity index (χ0v) is 42.9. The predicted octanol–water partition coefficient (Wildman–Crippen LogP) is 16.5. The van der Waals surface area contributed by atoms with Crippen molar-refractivity contribution in [3.63, 3.8) is 0 Å². The number of nitrogens with zero attached hydrogens (tertiary/aromatic N) is 11. The Morgan fingerprint density at radius 3 is 0.750 bits per heavy atom. The van der Waals surface area contributed by atoms with Crippen LogP contribution < -0.4 is 9.80 Å². The van der Waals surface area contributed by atoms with Gasteiger partial charge in [0.15, 0.2) is 46.6 Å². The number of rotatable bonds is 11. The van der Waals surface area contributed by atoms with E-state index >= 15 is 0 Å². The van der Waals surface area contributed by atoms with Crippen molar-refractivity contribution < 1.29 is 0 Å². The smallest absolute Gasteiger partial charge is 0.238 e. The molecule has 0 saturated heterocycles. The summed E-state index contributed by atoms with van der Waals surface area (Å²) in [6, 6.07) is 91.8. The number of fused-ring (bicyclic) bond motifs is 2. The lowest BCUT2D eigenvalue weighted by Gasteiger charge is -2.40. The van der Waals surface area contributed by atoms with E-state index in [4.69, 9.17) is 44.9 Å². The third kappa shape index (κ3) is 9.06. The summed E-state index contributed by atoms with van der Waals surface area (Å²) in [4.78, 5) is 51.9. The van der Waals surface area contributed by atoms with Crippen molar-refractivity contribution in [2.24, 2.45) is 0 Å². The van der Waals surface area contributed by atoms with Crippen LogP contribution in [0.2, 0.25) is 0 Å². The second-order valence-corrected chi connectivity index (χ2v) is 19.0. The molecule has 14 rings (SSSR count). The van der Waals surface area contributed by atoms with E-state index in [2.05, 4.69) is 94.7 Å². The molecule has 0 N–H and O–H groups in total. The van der Waals surface area contributed by atoms with Crippen molar-refractivity contribution in [3.8, 4) is 102 Å². The molecule has 0 unspecified atom stereocenters. The molecule has 0 radical (unpaired) electrons. The fourth-order valence-electron chi connectivity index (χ4n) is 10.2. The molecule has 0 bridgehead atoms. The lowest BCUT2D eigenvalue weighted by molar-refractivity contribution is 1.01. The van der Waals surface area contributed by atoms with Crippen LogP contribution in [0.5, 0.6) is 0 Å². The van der Waals surface area contributed by atoms with Gasteiger partial charge in [-0.1, -0.05) is 237 Å². The number of benzene rings is 10.